The van der Waals surface area contributed by atoms with Gasteiger partial charge in [-0.15, -0.1) is 0 Å². The highest BCUT2D eigenvalue weighted by Crippen LogP contribution is 2.46. The first-order valence-electron chi connectivity index (χ1n) is 8.39. The number of hydrogen-bond donors (Lipinski definition) is 2. The van der Waals surface area contributed by atoms with Gasteiger partial charge in [0.25, 0.3) is 0 Å². The molecule has 0 saturated carbocycles. The molecule has 0 bridgehead atoms. The first-order valence-corrected chi connectivity index (χ1v) is 8.39. The van der Waals surface area contributed by atoms with Crippen LogP contribution in [-0.4, -0.2) is 30.7 Å². The molecule has 2 aromatic carbocycles. The number of benzene rings is 2. The summed E-state index contributed by atoms with van der Waals surface area (Å²) in [5, 5.41) is 13.7. The summed E-state index contributed by atoms with van der Waals surface area (Å²) in [6.45, 7) is 4.04. The monoisotopic (exact) mass is 342 g/mol. The fourth-order valence-electron chi connectivity index (χ4n) is 3.57. The zero-order valence-electron chi connectivity index (χ0n) is 14.7. The Labute approximate surface area is 147 Å². The maximum Gasteiger partial charge on any atom is 0.237 e. The second kappa shape index (κ2) is 6.58. The lowest BCUT2D eigenvalue weighted by atomic mass is 9.86. The van der Waals surface area contributed by atoms with Gasteiger partial charge in [0.1, 0.15) is 5.82 Å². The Balaban J connectivity index is 2.15. The zero-order chi connectivity index (χ0) is 18.2. The number of nitrogens with one attached hydrogen (secondary N) is 1. The summed E-state index contributed by atoms with van der Waals surface area (Å²) in [7, 11) is 1.73. The number of carbonyl (C=O) groups is 1. The van der Waals surface area contributed by atoms with Gasteiger partial charge in [-0.2, -0.15) is 0 Å². The summed E-state index contributed by atoms with van der Waals surface area (Å²) in [6.07, 6.45) is -0.877. The second-order valence-corrected chi connectivity index (χ2v) is 6.94. The fourth-order valence-corrected chi connectivity index (χ4v) is 3.57. The number of halogens is 1. The van der Waals surface area contributed by atoms with Crippen molar-refractivity contribution in [2.24, 2.45) is 0 Å². The van der Waals surface area contributed by atoms with E-state index in [0.717, 1.165) is 11.3 Å². The van der Waals surface area contributed by atoms with Crippen LogP contribution in [-0.2, 0) is 10.2 Å². The number of rotatable bonds is 5. The molecule has 25 heavy (non-hydrogen) atoms. The molecule has 2 aromatic rings. The van der Waals surface area contributed by atoms with Crippen molar-refractivity contribution in [3.05, 3.63) is 65.5 Å². The maximum atomic E-state index is 13.8. The number of aliphatic hydroxyl groups is 1. The Morgan fingerprint density at radius 1 is 1.20 bits per heavy atom. The van der Waals surface area contributed by atoms with Crippen LogP contribution < -0.4 is 10.2 Å². The fraction of sp³-hybridized carbons (Fsp3) is 0.350. The molecule has 0 unspecified atom stereocenters. The third-order valence-electron chi connectivity index (χ3n) is 4.84. The number of anilines is 1. The van der Waals surface area contributed by atoms with Crippen LogP contribution >= 0.6 is 0 Å². The molecule has 2 N–H and O–H groups in total. The van der Waals surface area contributed by atoms with Gasteiger partial charge in [0.05, 0.1) is 17.6 Å². The molecule has 1 aliphatic heterocycles. The van der Waals surface area contributed by atoms with Crippen molar-refractivity contribution < 1.29 is 14.3 Å². The number of nitrogens with zero attached hydrogens (tertiary/aromatic N) is 1. The summed E-state index contributed by atoms with van der Waals surface area (Å²) in [5.41, 5.74) is 1.56. The number of hydrogen-bond acceptors (Lipinski definition) is 3. The summed E-state index contributed by atoms with van der Waals surface area (Å²) in [4.78, 5) is 14.8. The number of carbonyl (C=O) groups excluding carboxylic acids is 1. The van der Waals surface area contributed by atoms with E-state index in [1.54, 1.807) is 24.1 Å². The lowest BCUT2D eigenvalue weighted by Crippen LogP contribution is -2.45. The van der Waals surface area contributed by atoms with Gasteiger partial charge < -0.3 is 15.3 Å². The van der Waals surface area contributed by atoms with Crippen molar-refractivity contribution >= 4 is 11.6 Å². The maximum absolute atomic E-state index is 13.8. The van der Waals surface area contributed by atoms with Crippen LogP contribution in [0.15, 0.2) is 48.5 Å². The van der Waals surface area contributed by atoms with Crippen molar-refractivity contribution in [1.82, 2.24) is 5.32 Å². The first-order chi connectivity index (χ1) is 11.9. The lowest BCUT2D eigenvalue weighted by Gasteiger charge is -2.33. The van der Waals surface area contributed by atoms with Crippen LogP contribution in [0.1, 0.15) is 31.0 Å². The van der Waals surface area contributed by atoms with E-state index in [4.69, 9.17) is 0 Å². The quantitative estimate of drug-likeness (QED) is 0.878. The average molecular weight is 342 g/mol. The molecular weight excluding hydrogens is 319 g/mol. The van der Waals surface area contributed by atoms with Crippen LogP contribution in [0.2, 0.25) is 0 Å². The van der Waals surface area contributed by atoms with Gasteiger partial charge in [-0.1, -0.05) is 30.3 Å². The Hall–Kier alpha value is -2.24. The van der Waals surface area contributed by atoms with Crippen molar-refractivity contribution in [2.75, 3.05) is 18.5 Å². The average Bonchev–Trinajstić information content (AvgIpc) is 2.77. The number of fused-ring (bicyclic) bond motifs is 1. The van der Waals surface area contributed by atoms with Gasteiger partial charge in [-0.3, -0.25) is 4.79 Å². The van der Waals surface area contributed by atoms with E-state index < -0.39 is 23.4 Å². The van der Waals surface area contributed by atoms with Crippen LogP contribution in [0.3, 0.4) is 0 Å². The van der Waals surface area contributed by atoms with Crippen LogP contribution in [0.4, 0.5) is 10.1 Å². The van der Waals surface area contributed by atoms with Crippen molar-refractivity contribution in [1.29, 1.82) is 0 Å². The van der Waals surface area contributed by atoms with E-state index in [2.05, 4.69) is 5.32 Å². The molecule has 5 heteroatoms. The number of para-hydroxylation sites is 1. The molecule has 132 valence electrons. The minimum atomic E-state index is -0.877. The van der Waals surface area contributed by atoms with Gasteiger partial charge in [-0.25, -0.2) is 4.39 Å². The highest BCUT2D eigenvalue weighted by atomic mass is 19.1. The summed E-state index contributed by atoms with van der Waals surface area (Å²) >= 11 is 0. The Bertz CT molecular complexity index is 791. The number of likely N-dealkylation sites (N-methyl/N-ethyl adjacent to an activating group) is 1. The van der Waals surface area contributed by atoms with Crippen LogP contribution in [0.5, 0.6) is 0 Å². The van der Waals surface area contributed by atoms with Gasteiger partial charge >= 0.3 is 0 Å². The molecule has 1 aliphatic rings. The first kappa shape index (κ1) is 17.6. The third kappa shape index (κ3) is 2.94. The van der Waals surface area contributed by atoms with E-state index in [1.165, 1.54) is 12.1 Å². The molecule has 0 spiro atoms. The molecule has 3 rings (SSSR count). The highest BCUT2D eigenvalue weighted by Gasteiger charge is 2.47. The molecule has 0 radical (unpaired) electrons. The predicted octanol–water partition coefficient (Wildman–Crippen LogP) is 2.77. The van der Waals surface area contributed by atoms with Crippen LogP contribution in [0, 0.1) is 5.82 Å². The van der Waals surface area contributed by atoms with E-state index in [-0.39, 0.29) is 12.5 Å². The Morgan fingerprint density at radius 2 is 1.92 bits per heavy atom. The third-order valence-corrected chi connectivity index (χ3v) is 4.84. The van der Waals surface area contributed by atoms with Crippen LogP contribution in [0.25, 0.3) is 0 Å². The van der Waals surface area contributed by atoms with E-state index in [0.29, 0.717) is 5.56 Å². The molecule has 2 atom stereocenters. The van der Waals surface area contributed by atoms with Crippen molar-refractivity contribution in [2.45, 2.75) is 31.4 Å². The van der Waals surface area contributed by atoms with Crippen molar-refractivity contribution in [3.63, 3.8) is 0 Å². The summed E-state index contributed by atoms with van der Waals surface area (Å²) < 4.78 is 13.8. The molecule has 0 saturated heterocycles. The predicted molar refractivity (Wildman–Crippen MR) is 96.0 cm³/mol. The molecule has 0 aromatic heterocycles. The molecule has 0 aliphatic carbocycles. The van der Waals surface area contributed by atoms with Gasteiger partial charge in [0.15, 0.2) is 0 Å². The summed E-state index contributed by atoms with van der Waals surface area (Å²) in [5.74, 6) is -0.489. The largest absolute Gasteiger partial charge is 0.389 e. The Morgan fingerprint density at radius 3 is 2.60 bits per heavy atom. The lowest BCUT2D eigenvalue weighted by molar-refractivity contribution is -0.123. The minimum Gasteiger partial charge on any atom is -0.389 e. The molecule has 4 nitrogen and oxygen atoms in total. The molecular formula is C20H23FN2O2. The van der Waals surface area contributed by atoms with E-state index >= 15 is 0 Å². The smallest absolute Gasteiger partial charge is 0.237 e. The minimum absolute atomic E-state index is 0.0990. The number of amides is 1. The van der Waals surface area contributed by atoms with E-state index in [9.17, 15) is 14.3 Å². The SMILES string of the molecule is CNC[C@H](O)[C@H](c1cccc(F)c1)N1C(=O)C(C)(C)c2ccccc21. The number of aliphatic hydroxyl groups excluding tert-OH is 1. The van der Waals surface area contributed by atoms with E-state index in [1.807, 2.05) is 38.1 Å². The van der Waals surface area contributed by atoms with Gasteiger partial charge in [0.2, 0.25) is 5.91 Å². The topological polar surface area (TPSA) is 52.6 Å². The highest BCUT2D eigenvalue weighted by molar-refractivity contribution is 6.08. The van der Waals surface area contributed by atoms with Crippen molar-refractivity contribution in [3.8, 4) is 0 Å². The molecule has 1 heterocycles. The molecule has 1 amide bonds. The standard InChI is InChI=1S/C20H23FN2O2/c1-20(2)15-9-4-5-10-16(15)23(19(20)25)18(17(24)12-22-3)13-7-6-8-14(21)11-13/h4-11,17-18,22,24H,12H2,1-3H3/t17-,18-/m0/s1. The van der Waals surface area contributed by atoms with Gasteiger partial charge in [0, 0.05) is 12.2 Å². The second-order valence-electron chi connectivity index (χ2n) is 6.94. The Kier molecular flexibility index (Phi) is 4.62. The zero-order valence-corrected chi connectivity index (χ0v) is 14.7. The normalized spacial score (nSPS) is 18.1. The van der Waals surface area contributed by atoms with Gasteiger partial charge in [-0.05, 0) is 50.2 Å². The summed E-state index contributed by atoms with van der Waals surface area (Å²) in [6, 6.07) is 13.0. The molecule has 0 fully saturated rings.